The maximum absolute atomic E-state index is 12.6. The van der Waals surface area contributed by atoms with Gasteiger partial charge in [-0.15, -0.1) is 0 Å². The van der Waals surface area contributed by atoms with E-state index in [1.165, 1.54) is 0 Å². The molecule has 0 aliphatic heterocycles. The Balaban J connectivity index is 2.10. The van der Waals surface area contributed by atoms with Gasteiger partial charge in [-0.25, -0.2) is 4.79 Å². The lowest BCUT2D eigenvalue weighted by Gasteiger charge is -2.28. The van der Waals surface area contributed by atoms with E-state index in [0.717, 1.165) is 30.6 Å². The van der Waals surface area contributed by atoms with Crippen molar-refractivity contribution in [3.8, 4) is 0 Å². The molecule has 1 N–H and O–H groups in total. The van der Waals surface area contributed by atoms with Crippen molar-refractivity contribution in [2.75, 3.05) is 31.1 Å². The van der Waals surface area contributed by atoms with E-state index in [4.69, 9.17) is 9.15 Å². The van der Waals surface area contributed by atoms with Gasteiger partial charge >= 0.3 is 5.63 Å². The fourth-order valence-corrected chi connectivity index (χ4v) is 3.12. The summed E-state index contributed by atoms with van der Waals surface area (Å²) in [5, 5.41) is 3.53. The monoisotopic (exact) mass is 416 g/mol. The highest BCUT2D eigenvalue weighted by Crippen LogP contribution is 2.22. The van der Waals surface area contributed by atoms with Crippen LogP contribution in [-0.2, 0) is 4.74 Å². The summed E-state index contributed by atoms with van der Waals surface area (Å²) in [6, 6.07) is 7.29. The first kappa shape index (κ1) is 23.9. The van der Waals surface area contributed by atoms with Crippen LogP contribution in [0.4, 0.5) is 5.69 Å². The molecule has 0 spiro atoms. The van der Waals surface area contributed by atoms with Crippen molar-refractivity contribution >= 4 is 22.6 Å². The minimum atomic E-state index is -0.636. The Morgan fingerprint density at radius 3 is 2.37 bits per heavy atom. The molecule has 1 aromatic heterocycles. The lowest BCUT2D eigenvalue weighted by Crippen LogP contribution is -2.42. The third-order valence-electron chi connectivity index (χ3n) is 5.11. The van der Waals surface area contributed by atoms with Gasteiger partial charge in [-0.3, -0.25) is 4.79 Å². The van der Waals surface area contributed by atoms with Crippen molar-refractivity contribution < 1.29 is 13.9 Å². The second-order valence-corrected chi connectivity index (χ2v) is 9.44. The smallest absolute Gasteiger partial charge is 0.349 e. The summed E-state index contributed by atoms with van der Waals surface area (Å²) >= 11 is 0. The summed E-state index contributed by atoms with van der Waals surface area (Å²) in [5.41, 5.74) is 0.492. The van der Waals surface area contributed by atoms with Gasteiger partial charge in [0.15, 0.2) is 0 Å². The Morgan fingerprint density at radius 1 is 1.10 bits per heavy atom. The lowest BCUT2D eigenvalue weighted by molar-refractivity contribution is -0.0254. The van der Waals surface area contributed by atoms with Crippen molar-refractivity contribution in [3.63, 3.8) is 0 Å². The normalized spacial score (nSPS) is 12.2. The van der Waals surface area contributed by atoms with Crippen LogP contribution >= 0.6 is 0 Å². The lowest BCUT2D eigenvalue weighted by atomic mass is 9.93. The molecular weight excluding hydrogens is 380 g/mol. The largest absolute Gasteiger partial charge is 0.422 e. The minimum absolute atomic E-state index is 0.00332. The first-order valence-electron chi connectivity index (χ1n) is 10.7. The van der Waals surface area contributed by atoms with Gasteiger partial charge in [-0.05, 0) is 57.7 Å². The first-order valence-corrected chi connectivity index (χ1v) is 10.7. The van der Waals surface area contributed by atoms with Gasteiger partial charge in [0.1, 0.15) is 11.1 Å². The molecule has 6 nitrogen and oxygen atoms in total. The van der Waals surface area contributed by atoms with Gasteiger partial charge in [-0.1, -0.05) is 20.8 Å². The standard InChI is InChI=1S/C24H36N2O4/c1-8-26(9-2)18-11-10-17-14-19(22(28)30-20(17)15-18)21(27)25-16-24(6,7)29-13-12-23(3,4)5/h10-11,14-15H,8-9,12-13,16H2,1-7H3,(H,25,27). The fourth-order valence-electron chi connectivity index (χ4n) is 3.12. The van der Waals surface area contributed by atoms with E-state index in [-0.39, 0.29) is 11.0 Å². The molecule has 0 saturated carbocycles. The van der Waals surface area contributed by atoms with Crippen molar-refractivity contribution in [1.82, 2.24) is 5.32 Å². The molecule has 2 aromatic rings. The average molecular weight is 417 g/mol. The number of carbonyl (C=O) groups excluding carboxylic acids is 1. The van der Waals surface area contributed by atoms with Crippen LogP contribution < -0.4 is 15.8 Å². The molecule has 0 fully saturated rings. The number of hydrogen-bond donors (Lipinski definition) is 1. The molecule has 1 heterocycles. The van der Waals surface area contributed by atoms with Crippen LogP contribution in [-0.4, -0.2) is 37.7 Å². The molecule has 0 unspecified atom stereocenters. The Kier molecular flexibility index (Phi) is 7.70. The summed E-state index contributed by atoms with van der Waals surface area (Å²) in [6.45, 7) is 17.1. The number of nitrogens with zero attached hydrogens (tertiary/aromatic N) is 1. The zero-order valence-corrected chi connectivity index (χ0v) is 19.4. The van der Waals surface area contributed by atoms with E-state index in [0.29, 0.717) is 18.7 Å². The van der Waals surface area contributed by atoms with Gasteiger partial charge in [0.2, 0.25) is 0 Å². The number of benzene rings is 1. The summed E-state index contributed by atoms with van der Waals surface area (Å²) < 4.78 is 11.4. The number of amides is 1. The summed E-state index contributed by atoms with van der Waals surface area (Å²) in [5.74, 6) is -0.453. The highest BCUT2D eigenvalue weighted by molar-refractivity contribution is 5.97. The number of carbonyl (C=O) groups is 1. The zero-order chi connectivity index (χ0) is 22.5. The third-order valence-corrected chi connectivity index (χ3v) is 5.11. The van der Waals surface area contributed by atoms with Crippen molar-refractivity contribution in [2.45, 2.75) is 60.5 Å². The van der Waals surface area contributed by atoms with Crippen LogP contribution in [0.5, 0.6) is 0 Å². The van der Waals surface area contributed by atoms with Crippen molar-refractivity contribution in [2.24, 2.45) is 5.41 Å². The molecule has 0 saturated heterocycles. The van der Waals surface area contributed by atoms with Crippen LogP contribution in [0.2, 0.25) is 0 Å². The predicted octanol–water partition coefficient (Wildman–Crippen LogP) is 4.60. The van der Waals surface area contributed by atoms with E-state index in [2.05, 4.69) is 44.8 Å². The molecule has 0 atom stereocenters. The molecule has 1 amide bonds. The molecule has 0 aliphatic carbocycles. The molecular formula is C24H36N2O4. The van der Waals surface area contributed by atoms with Crippen LogP contribution in [0.15, 0.2) is 33.5 Å². The molecule has 0 radical (unpaired) electrons. The Labute approximate surface area is 179 Å². The van der Waals surface area contributed by atoms with Gasteiger partial charge in [-0.2, -0.15) is 0 Å². The summed E-state index contributed by atoms with van der Waals surface area (Å²) in [6.07, 6.45) is 0.925. The molecule has 166 valence electrons. The van der Waals surface area contributed by atoms with Gasteiger partial charge < -0.3 is 19.4 Å². The van der Waals surface area contributed by atoms with Crippen LogP contribution in [0.1, 0.15) is 65.2 Å². The number of fused-ring (bicyclic) bond motifs is 1. The fraction of sp³-hybridized carbons (Fsp3) is 0.583. The second kappa shape index (κ2) is 9.65. The molecule has 0 bridgehead atoms. The number of hydrogen-bond acceptors (Lipinski definition) is 5. The van der Waals surface area contributed by atoms with Crippen molar-refractivity contribution in [3.05, 3.63) is 40.2 Å². The molecule has 2 rings (SSSR count). The topological polar surface area (TPSA) is 71.8 Å². The number of ether oxygens (including phenoxy) is 1. The van der Waals surface area contributed by atoms with E-state index in [1.54, 1.807) is 6.07 Å². The number of rotatable bonds is 9. The highest BCUT2D eigenvalue weighted by Gasteiger charge is 2.23. The highest BCUT2D eigenvalue weighted by atomic mass is 16.5. The second-order valence-electron chi connectivity index (χ2n) is 9.44. The van der Waals surface area contributed by atoms with Gasteiger partial charge in [0, 0.05) is 43.4 Å². The quantitative estimate of drug-likeness (QED) is 0.605. The first-order chi connectivity index (χ1) is 14.0. The predicted molar refractivity (Wildman–Crippen MR) is 122 cm³/mol. The minimum Gasteiger partial charge on any atom is -0.422 e. The van der Waals surface area contributed by atoms with Crippen LogP contribution in [0.25, 0.3) is 11.0 Å². The molecule has 6 heteroatoms. The van der Waals surface area contributed by atoms with E-state index in [9.17, 15) is 9.59 Å². The zero-order valence-electron chi connectivity index (χ0n) is 19.4. The Bertz CT molecular complexity index is 921. The summed E-state index contributed by atoms with van der Waals surface area (Å²) in [4.78, 5) is 27.2. The Hall–Kier alpha value is -2.34. The third kappa shape index (κ3) is 6.59. The summed E-state index contributed by atoms with van der Waals surface area (Å²) in [7, 11) is 0. The number of nitrogens with one attached hydrogen (secondary N) is 1. The van der Waals surface area contributed by atoms with E-state index in [1.807, 2.05) is 32.0 Å². The SMILES string of the molecule is CCN(CC)c1ccc2cc(C(=O)NCC(C)(C)OCCC(C)(C)C)c(=O)oc2c1. The molecule has 0 aliphatic rings. The van der Waals surface area contributed by atoms with Crippen LogP contribution in [0.3, 0.4) is 0 Å². The molecule has 1 aromatic carbocycles. The average Bonchev–Trinajstić information content (AvgIpc) is 2.65. The van der Waals surface area contributed by atoms with Gasteiger partial charge in [0.25, 0.3) is 5.91 Å². The van der Waals surface area contributed by atoms with Crippen LogP contribution in [0, 0.1) is 5.41 Å². The van der Waals surface area contributed by atoms with Crippen molar-refractivity contribution in [1.29, 1.82) is 0 Å². The maximum atomic E-state index is 12.6. The van der Waals surface area contributed by atoms with E-state index < -0.39 is 17.1 Å². The Morgan fingerprint density at radius 2 is 1.77 bits per heavy atom. The van der Waals surface area contributed by atoms with E-state index >= 15 is 0 Å². The van der Waals surface area contributed by atoms with Gasteiger partial charge in [0.05, 0.1) is 5.60 Å². The number of anilines is 1. The maximum Gasteiger partial charge on any atom is 0.349 e. The molecule has 30 heavy (non-hydrogen) atoms.